The summed E-state index contributed by atoms with van der Waals surface area (Å²) in [5, 5.41) is 17.9. The lowest BCUT2D eigenvalue weighted by Crippen LogP contribution is -2.48. The van der Waals surface area contributed by atoms with Gasteiger partial charge in [0.1, 0.15) is 0 Å². The lowest BCUT2D eigenvalue weighted by molar-refractivity contribution is -0.145. The molecular formula is C9H10BrNO3. The highest BCUT2D eigenvalue weighted by Crippen LogP contribution is 2.26. The number of carbonyl (C=O) groups is 1. The Morgan fingerprint density at radius 3 is 2.50 bits per heavy atom. The van der Waals surface area contributed by atoms with E-state index in [-0.39, 0.29) is 0 Å². The number of aliphatic carboxylic acids is 1. The van der Waals surface area contributed by atoms with Gasteiger partial charge in [-0.1, -0.05) is 34.1 Å². The molecule has 0 aliphatic heterocycles. The molecule has 1 aromatic carbocycles. The first kappa shape index (κ1) is 11.2. The Morgan fingerprint density at radius 1 is 1.50 bits per heavy atom. The highest BCUT2D eigenvalue weighted by atomic mass is 79.9. The Morgan fingerprint density at radius 2 is 2.07 bits per heavy atom. The standard InChI is InChI=1S/C9H10BrNO3/c10-7-4-2-1-3-6(7)9(11,5-12)8(13)14/h1-4,12H,5,11H2,(H,13,14). The number of aliphatic hydroxyl groups excluding tert-OH is 1. The van der Waals surface area contributed by atoms with E-state index in [0.717, 1.165) is 0 Å². The molecule has 0 spiro atoms. The van der Waals surface area contributed by atoms with Gasteiger partial charge in [0.25, 0.3) is 0 Å². The van der Waals surface area contributed by atoms with Gasteiger partial charge in [0, 0.05) is 4.47 Å². The Labute approximate surface area is 89.5 Å². The topological polar surface area (TPSA) is 83.5 Å². The van der Waals surface area contributed by atoms with Crippen molar-refractivity contribution in [2.24, 2.45) is 5.73 Å². The third kappa shape index (κ3) is 1.79. The minimum absolute atomic E-state index is 0.356. The first-order valence-electron chi connectivity index (χ1n) is 3.90. The van der Waals surface area contributed by atoms with Crippen LogP contribution in [0.15, 0.2) is 28.7 Å². The van der Waals surface area contributed by atoms with Gasteiger partial charge in [0.05, 0.1) is 6.61 Å². The summed E-state index contributed by atoms with van der Waals surface area (Å²) in [7, 11) is 0. The van der Waals surface area contributed by atoms with E-state index >= 15 is 0 Å². The smallest absolute Gasteiger partial charge is 0.330 e. The number of rotatable bonds is 3. The van der Waals surface area contributed by atoms with Crippen LogP contribution in [-0.4, -0.2) is 22.8 Å². The molecule has 5 heteroatoms. The summed E-state index contributed by atoms with van der Waals surface area (Å²) in [5.41, 5.74) is 4.19. The number of benzene rings is 1. The van der Waals surface area contributed by atoms with Crippen LogP contribution >= 0.6 is 15.9 Å². The van der Waals surface area contributed by atoms with E-state index < -0.39 is 18.1 Å². The van der Waals surface area contributed by atoms with E-state index in [9.17, 15) is 4.79 Å². The van der Waals surface area contributed by atoms with Crippen LogP contribution in [0, 0.1) is 0 Å². The number of carboxylic acids is 1. The molecule has 0 fully saturated rings. The molecule has 0 aliphatic carbocycles. The Bertz CT molecular complexity index is 356. The van der Waals surface area contributed by atoms with Crippen LogP contribution in [0.1, 0.15) is 5.56 Å². The number of carboxylic acid groups (broad SMARTS) is 1. The monoisotopic (exact) mass is 259 g/mol. The molecule has 0 aliphatic rings. The molecule has 14 heavy (non-hydrogen) atoms. The molecule has 4 N–H and O–H groups in total. The van der Waals surface area contributed by atoms with Crippen LogP contribution < -0.4 is 5.73 Å². The van der Waals surface area contributed by atoms with E-state index in [0.29, 0.717) is 10.0 Å². The molecular weight excluding hydrogens is 250 g/mol. The van der Waals surface area contributed by atoms with Crippen molar-refractivity contribution in [1.29, 1.82) is 0 Å². The van der Waals surface area contributed by atoms with Gasteiger partial charge in [-0.2, -0.15) is 0 Å². The van der Waals surface area contributed by atoms with Crippen LogP contribution in [0.2, 0.25) is 0 Å². The SMILES string of the molecule is NC(CO)(C(=O)O)c1ccccc1Br. The van der Waals surface area contributed by atoms with Crippen LogP contribution in [0.3, 0.4) is 0 Å². The Kier molecular flexibility index (Phi) is 3.25. The molecule has 4 nitrogen and oxygen atoms in total. The van der Waals surface area contributed by atoms with E-state index in [1.165, 1.54) is 0 Å². The quantitative estimate of drug-likeness (QED) is 0.746. The Hall–Kier alpha value is -0.910. The molecule has 0 aromatic heterocycles. The van der Waals surface area contributed by atoms with Gasteiger partial charge in [0.15, 0.2) is 5.54 Å². The van der Waals surface area contributed by atoms with Crippen molar-refractivity contribution in [2.45, 2.75) is 5.54 Å². The molecule has 0 amide bonds. The zero-order valence-electron chi connectivity index (χ0n) is 7.27. The fourth-order valence-electron chi connectivity index (χ4n) is 1.09. The minimum Gasteiger partial charge on any atom is -0.480 e. The zero-order valence-corrected chi connectivity index (χ0v) is 8.86. The van der Waals surface area contributed by atoms with Crippen molar-refractivity contribution in [3.8, 4) is 0 Å². The zero-order chi connectivity index (χ0) is 10.8. The molecule has 0 radical (unpaired) electrons. The van der Waals surface area contributed by atoms with E-state index in [4.69, 9.17) is 15.9 Å². The van der Waals surface area contributed by atoms with E-state index in [2.05, 4.69) is 15.9 Å². The van der Waals surface area contributed by atoms with Crippen molar-refractivity contribution < 1.29 is 15.0 Å². The predicted molar refractivity (Wildman–Crippen MR) is 54.7 cm³/mol. The van der Waals surface area contributed by atoms with E-state index in [1.807, 2.05) is 0 Å². The van der Waals surface area contributed by atoms with Gasteiger partial charge in [-0.05, 0) is 11.6 Å². The third-order valence-electron chi connectivity index (χ3n) is 1.99. The molecule has 0 saturated heterocycles. The molecule has 76 valence electrons. The van der Waals surface area contributed by atoms with E-state index in [1.54, 1.807) is 24.3 Å². The maximum absolute atomic E-state index is 10.9. The van der Waals surface area contributed by atoms with Gasteiger partial charge in [-0.15, -0.1) is 0 Å². The van der Waals surface area contributed by atoms with Gasteiger partial charge >= 0.3 is 5.97 Å². The average molecular weight is 260 g/mol. The van der Waals surface area contributed by atoms with Crippen LogP contribution in [-0.2, 0) is 10.3 Å². The second-order valence-corrected chi connectivity index (χ2v) is 3.77. The molecule has 1 rings (SSSR count). The lowest BCUT2D eigenvalue weighted by Gasteiger charge is -2.23. The molecule has 0 saturated carbocycles. The summed E-state index contributed by atoms with van der Waals surface area (Å²) in [6, 6.07) is 6.65. The molecule has 1 atom stereocenters. The van der Waals surface area contributed by atoms with Crippen molar-refractivity contribution in [2.75, 3.05) is 6.61 Å². The number of hydrogen-bond donors (Lipinski definition) is 3. The maximum atomic E-state index is 10.9. The summed E-state index contributed by atoms with van der Waals surface area (Å²) in [5.74, 6) is -1.26. The van der Waals surface area contributed by atoms with Crippen molar-refractivity contribution in [1.82, 2.24) is 0 Å². The minimum atomic E-state index is -1.75. The summed E-state index contributed by atoms with van der Waals surface area (Å²) < 4.78 is 0.568. The fourth-order valence-corrected chi connectivity index (χ4v) is 1.73. The highest BCUT2D eigenvalue weighted by molar-refractivity contribution is 9.10. The predicted octanol–water partition coefficient (Wildman–Crippen LogP) is 0.680. The fraction of sp³-hybridized carbons (Fsp3) is 0.222. The van der Waals surface area contributed by atoms with Crippen molar-refractivity contribution in [3.63, 3.8) is 0 Å². The first-order chi connectivity index (χ1) is 6.52. The maximum Gasteiger partial charge on any atom is 0.330 e. The first-order valence-corrected chi connectivity index (χ1v) is 4.70. The molecule has 1 unspecified atom stereocenters. The van der Waals surface area contributed by atoms with Gasteiger partial charge < -0.3 is 15.9 Å². The van der Waals surface area contributed by atoms with Crippen LogP contribution in [0.4, 0.5) is 0 Å². The van der Waals surface area contributed by atoms with Gasteiger partial charge in [-0.25, -0.2) is 4.79 Å². The summed E-state index contributed by atoms with van der Waals surface area (Å²) in [4.78, 5) is 10.9. The van der Waals surface area contributed by atoms with Gasteiger partial charge in [0.2, 0.25) is 0 Å². The van der Waals surface area contributed by atoms with Crippen molar-refractivity contribution >= 4 is 21.9 Å². The molecule has 0 bridgehead atoms. The molecule has 0 heterocycles. The van der Waals surface area contributed by atoms with Crippen molar-refractivity contribution in [3.05, 3.63) is 34.3 Å². The second-order valence-electron chi connectivity index (χ2n) is 2.91. The lowest BCUT2D eigenvalue weighted by atomic mass is 9.92. The third-order valence-corrected chi connectivity index (χ3v) is 2.68. The molecule has 1 aromatic rings. The Balaban J connectivity index is 3.26. The summed E-state index contributed by atoms with van der Waals surface area (Å²) in [6.07, 6.45) is 0. The largest absolute Gasteiger partial charge is 0.480 e. The highest BCUT2D eigenvalue weighted by Gasteiger charge is 2.36. The summed E-state index contributed by atoms with van der Waals surface area (Å²) in [6.45, 7) is -0.648. The van der Waals surface area contributed by atoms with Gasteiger partial charge in [-0.3, -0.25) is 0 Å². The second kappa shape index (κ2) is 4.08. The van der Waals surface area contributed by atoms with Crippen LogP contribution in [0.5, 0.6) is 0 Å². The van der Waals surface area contributed by atoms with Crippen LogP contribution in [0.25, 0.3) is 0 Å². The number of nitrogens with two attached hydrogens (primary N) is 1. The summed E-state index contributed by atoms with van der Waals surface area (Å²) >= 11 is 3.19. The normalized spacial score (nSPS) is 14.8. The number of hydrogen-bond acceptors (Lipinski definition) is 3. The number of halogens is 1. The average Bonchev–Trinajstić information content (AvgIpc) is 2.17. The number of aliphatic hydroxyl groups is 1.